The zero-order chi connectivity index (χ0) is 29.2. The van der Waals surface area contributed by atoms with E-state index in [9.17, 15) is 24.3 Å². The summed E-state index contributed by atoms with van der Waals surface area (Å²) in [5.74, 6) is -4.20. The zero-order valence-corrected chi connectivity index (χ0v) is 22.9. The van der Waals surface area contributed by atoms with E-state index in [-0.39, 0.29) is 35.6 Å². The minimum atomic E-state index is -1.42. The van der Waals surface area contributed by atoms with Gasteiger partial charge in [-0.3, -0.25) is 24.5 Å². The summed E-state index contributed by atoms with van der Waals surface area (Å²) in [6.45, 7) is 0. The highest BCUT2D eigenvalue weighted by atomic mass is 16.5. The molecular formula is C35H29NO6. The smallest absolute Gasteiger partial charge is 0.231 e. The summed E-state index contributed by atoms with van der Waals surface area (Å²) in [7, 11) is 1.50. The number of ketones is 2. The van der Waals surface area contributed by atoms with Crippen molar-refractivity contribution in [1.82, 2.24) is 5.32 Å². The Morgan fingerprint density at radius 2 is 1.57 bits per heavy atom. The first-order valence-electron chi connectivity index (χ1n) is 14.2. The molecule has 1 saturated heterocycles. The van der Waals surface area contributed by atoms with Crippen LogP contribution in [-0.4, -0.2) is 35.6 Å². The highest BCUT2D eigenvalue weighted by Gasteiger charge is 2.65. The number of allylic oxidation sites excluding steroid dienone is 4. The van der Waals surface area contributed by atoms with Crippen molar-refractivity contribution >= 4 is 29.0 Å². The first-order valence-corrected chi connectivity index (χ1v) is 14.2. The SMILES string of the molecule is COc1cccc(O)c1C1C2=CCC3C(=O)NC(=O)C3C2CC2C(=O)C(c3ccccc3)=CC(=O)C21c1ccccc1. The number of fused-ring (bicyclic) bond motifs is 4. The van der Waals surface area contributed by atoms with Gasteiger partial charge in [-0.25, -0.2) is 0 Å². The molecule has 0 radical (unpaired) electrons. The molecule has 0 bridgehead atoms. The average Bonchev–Trinajstić information content (AvgIpc) is 3.31. The molecule has 42 heavy (non-hydrogen) atoms. The van der Waals surface area contributed by atoms with Crippen LogP contribution >= 0.6 is 0 Å². The molecule has 7 heteroatoms. The monoisotopic (exact) mass is 559 g/mol. The van der Waals surface area contributed by atoms with Crippen LogP contribution in [0.2, 0.25) is 0 Å². The van der Waals surface area contributed by atoms with Crippen molar-refractivity contribution in [1.29, 1.82) is 0 Å². The summed E-state index contributed by atoms with van der Waals surface area (Å²) in [4.78, 5) is 55.6. The van der Waals surface area contributed by atoms with E-state index < -0.39 is 35.0 Å². The molecule has 3 aromatic rings. The van der Waals surface area contributed by atoms with E-state index in [0.29, 0.717) is 34.4 Å². The van der Waals surface area contributed by atoms with Crippen molar-refractivity contribution in [2.75, 3.05) is 7.11 Å². The van der Waals surface area contributed by atoms with E-state index in [1.165, 1.54) is 13.2 Å². The van der Waals surface area contributed by atoms with Crippen LogP contribution in [0.1, 0.15) is 35.4 Å². The second-order valence-corrected chi connectivity index (χ2v) is 11.5. The van der Waals surface area contributed by atoms with Crippen LogP contribution in [0.4, 0.5) is 0 Å². The van der Waals surface area contributed by atoms with E-state index in [4.69, 9.17) is 4.74 Å². The molecule has 6 unspecified atom stereocenters. The molecule has 1 heterocycles. The van der Waals surface area contributed by atoms with Crippen molar-refractivity contribution in [3.8, 4) is 11.5 Å². The predicted molar refractivity (Wildman–Crippen MR) is 154 cm³/mol. The number of Topliss-reactive ketones (excluding diaryl/α,β-unsaturated/α-hetero) is 1. The summed E-state index contributed by atoms with van der Waals surface area (Å²) in [5, 5.41) is 13.9. The van der Waals surface area contributed by atoms with Crippen LogP contribution in [0.25, 0.3) is 5.57 Å². The van der Waals surface area contributed by atoms with Crippen LogP contribution < -0.4 is 10.1 Å². The summed E-state index contributed by atoms with van der Waals surface area (Å²) in [6, 6.07) is 23.3. The molecule has 0 spiro atoms. The third-order valence-corrected chi connectivity index (χ3v) is 9.77. The Kier molecular flexibility index (Phi) is 6.01. The van der Waals surface area contributed by atoms with Crippen molar-refractivity contribution < 1.29 is 29.0 Å². The van der Waals surface area contributed by atoms with E-state index >= 15 is 0 Å². The van der Waals surface area contributed by atoms with Gasteiger partial charge in [0, 0.05) is 23.0 Å². The Morgan fingerprint density at radius 1 is 0.857 bits per heavy atom. The van der Waals surface area contributed by atoms with Gasteiger partial charge in [0.15, 0.2) is 11.6 Å². The number of rotatable bonds is 4. The molecular weight excluding hydrogens is 530 g/mol. The van der Waals surface area contributed by atoms with Crippen LogP contribution in [0.15, 0.2) is 96.6 Å². The largest absolute Gasteiger partial charge is 0.508 e. The van der Waals surface area contributed by atoms with Gasteiger partial charge < -0.3 is 9.84 Å². The quantitative estimate of drug-likeness (QED) is 0.360. The number of methoxy groups -OCH3 is 1. The lowest BCUT2D eigenvalue weighted by atomic mass is 9.44. The number of carbonyl (C=O) groups is 4. The number of ether oxygens (including phenoxy) is 1. The van der Waals surface area contributed by atoms with E-state index in [2.05, 4.69) is 5.32 Å². The fraction of sp³-hybridized carbons (Fsp3) is 0.257. The topological polar surface area (TPSA) is 110 Å². The van der Waals surface area contributed by atoms with E-state index in [1.54, 1.807) is 18.2 Å². The van der Waals surface area contributed by atoms with Crippen LogP contribution in [-0.2, 0) is 24.6 Å². The number of amides is 2. The fourth-order valence-corrected chi connectivity index (χ4v) is 8.10. The maximum Gasteiger partial charge on any atom is 0.231 e. The molecule has 2 N–H and O–H groups in total. The van der Waals surface area contributed by atoms with Gasteiger partial charge >= 0.3 is 0 Å². The fourth-order valence-electron chi connectivity index (χ4n) is 8.10. The molecule has 3 aliphatic carbocycles. The first kappa shape index (κ1) is 26.1. The summed E-state index contributed by atoms with van der Waals surface area (Å²) >= 11 is 0. The lowest BCUT2D eigenvalue weighted by molar-refractivity contribution is -0.135. The second-order valence-electron chi connectivity index (χ2n) is 11.5. The number of carbonyl (C=O) groups excluding carboxylic acids is 4. The third kappa shape index (κ3) is 3.52. The van der Waals surface area contributed by atoms with Gasteiger partial charge in [0.05, 0.1) is 24.4 Å². The maximum atomic E-state index is 14.9. The Labute approximate surface area is 242 Å². The van der Waals surface area contributed by atoms with Gasteiger partial charge in [-0.2, -0.15) is 0 Å². The Hall–Kier alpha value is -4.78. The standard InChI is InChI=1S/C35H29NO6/c1-42-27-14-8-13-26(37)30(27)31-21-15-16-22-29(34(41)36-33(22)40)24(21)17-25-32(39)23(19-9-4-2-5-10-19)18-28(38)35(25,31)20-11-6-3-7-12-20/h2-15,18,22,24-25,29,31,37H,16-17H2,1H3,(H,36,40,41). The number of hydrogen-bond donors (Lipinski definition) is 2. The summed E-state index contributed by atoms with van der Waals surface area (Å²) < 4.78 is 5.76. The molecule has 6 atom stereocenters. The zero-order valence-electron chi connectivity index (χ0n) is 22.9. The molecule has 0 aromatic heterocycles. The van der Waals surface area contributed by atoms with Gasteiger partial charge in [-0.15, -0.1) is 0 Å². The number of imide groups is 1. The Bertz CT molecular complexity index is 1710. The van der Waals surface area contributed by atoms with Crippen molar-refractivity contribution in [3.05, 3.63) is 113 Å². The maximum absolute atomic E-state index is 14.9. The summed E-state index contributed by atoms with van der Waals surface area (Å²) in [5.41, 5.74) is 1.37. The number of benzene rings is 3. The van der Waals surface area contributed by atoms with E-state index in [1.807, 2.05) is 66.7 Å². The lowest BCUT2D eigenvalue weighted by Crippen LogP contribution is -2.58. The van der Waals surface area contributed by atoms with Crippen molar-refractivity contribution in [2.24, 2.45) is 23.7 Å². The second kappa shape index (κ2) is 9.65. The molecule has 4 aliphatic rings. The number of phenols is 1. The number of phenolic OH excluding ortho intramolecular Hbond substituents is 1. The highest BCUT2D eigenvalue weighted by molar-refractivity contribution is 6.31. The average molecular weight is 560 g/mol. The van der Waals surface area contributed by atoms with Gasteiger partial charge in [-0.05, 0) is 48.1 Å². The number of aromatic hydroxyl groups is 1. The molecule has 3 aromatic carbocycles. The summed E-state index contributed by atoms with van der Waals surface area (Å²) in [6.07, 6.45) is 3.95. The molecule has 1 aliphatic heterocycles. The van der Waals surface area contributed by atoms with Gasteiger partial charge in [-0.1, -0.05) is 78.4 Å². The van der Waals surface area contributed by atoms with Crippen LogP contribution in [0, 0.1) is 23.7 Å². The third-order valence-electron chi connectivity index (χ3n) is 9.77. The van der Waals surface area contributed by atoms with Gasteiger partial charge in [0.25, 0.3) is 0 Å². The molecule has 210 valence electrons. The van der Waals surface area contributed by atoms with Crippen molar-refractivity contribution in [3.63, 3.8) is 0 Å². The van der Waals surface area contributed by atoms with E-state index in [0.717, 1.165) is 5.57 Å². The molecule has 2 fully saturated rings. The first-order chi connectivity index (χ1) is 20.4. The predicted octanol–water partition coefficient (Wildman–Crippen LogP) is 4.51. The normalized spacial score (nSPS) is 30.0. The minimum absolute atomic E-state index is 0.0675. The van der Waals surface area contributed by atoms with Gasteiger partial charge in [0.1, 0.15) is 11.5 Å². The number of hydrogen-bond acceptors (Lipinski definition) is 6. The Balaban J connectivity index is 1.56. The van der Waals surface area contributed by atoms with Gasteiger partial charge in [0.2, 0.25) is 11.8 Å². The van der Waals surface area contributed by atoms with Crippen LogP contribution in [0.5, 0.6) is 11.5 Å². The molecule has 1 saturated carbocycles. The lowest BCUT2D eigenvalue weighted by Gasteiger charge is -2.55. The molecule has 2 amide bonds. The molecule has 7 nitrogen and oxygen atoms in total. The number of nitrogens with one attached hydrogen (secondary N) is 1. The minimum Gasteiger partial charge on any atom is -0.508 e. The van der Waals surface area contributed by atoms with Crippen molar-refractivity contribution in [2.45, 2.75) is 24.2 Å². The highest BCUT2D eigenvalue weighted by Crippen LogP contribution is 2.65. The van der Waals surface area contributed by atoms with Crippen LogP contribution in [0.3, 0.4) is 0 Å². The molecule has 7 rings (SSSR count). The Morgan fingerprint density at radius 3 is 2.29 bits per heavy atom.